The number of hydrogen-bond donors (Lipinski definition) is 1. The molecule has 0 amide bonds. The predicted octanol–water partition coefficient (Wildman–Crippen LogP) is 2.38. The van der Waals surface area contributed by atoms with Crippen molar-refractivity contribution in [3.8, 4) is 5.75 Å². The van der Waals surface area contributed by atoms with Gasteiger partial charge < -0.3 is 14.8 Å². The van der Waals surface area contributed by atoms with Gasteiger partial charge in [-0.1, -0.05) is 19.1 Å². The molecule has 3 heteroatoms. The Bertz CT molecular complexity index is 357. The van der Waals surface area contributed by atoms with Crippen molar-refractivity contribution in [1.29, 1.82) is 0 Å². The number of ether oxygens (including phenoxy) is 2. The highest BCUT2D eigenvalue weighted by Crippen LogP contribution is 2.26. The third-order valence-corrected chi connectivity index (χ3v) is 3.35. The summed E-state index contributed by atoms with van der Waals surface area (Å²) in [6.45, 7) is 7.18. The molecule has 3 nitrogen and oxygen atoms in total. The standard InChI is InChI=1S/C14H21NO2/c1-11(15-8-14(2)9-17-10-14)12-4-6-13(16-3)7-5-12/h4-7,11,15H,8-10H2,1-3H3. The first-order valence-corrected chi connectivity index (χ1v) is 6.08. The van der Waals surface area contributed by atoms with Gasteiger partial charge >= 0.3 is 0 Å². The maximum atomic E-state index is 5.25. The van der Waals surface area contributed by atoms with Crippen molar-refractivity contribution in [2.24, 2.45) is 5.41 Å². The van der Waals surface area contributed by atoms with Crippen LogP contribution in [-0.2, 0) is 4.74 Å². The number of nitrogens with one attached hydrogen (secondary N) is 1. The van der Waals surface area contributed by atoms with E-state index < -0.39 is 0 Å². The number of methoxy groups -OCH3 is 1. The number of rotatable bonds is 5. The minimum atomic E-state index is 0.320. The highest BCUT2D eigenvalue weighted by molar-refractivity contribution is 5.28. The van der Waals surface area contributed by atoms with Crippen LogP contribution in [-0.4, -0.2) is 26.9 Å². The Labute approximate surface area is 103 Å². The van der Waals surface area contributed by atoms with Gasteiger partial charge in [0.05, 0.1) is 20.3 Å². The van der Waals surface area contributed by atoms with Crippen LogP contribution in [0.1, 0.15) is 25.5 Å². The fourth-order valence-electron chi connectivity index (χ4n) is 1.96. The Morgan fingerprint density at radius 1 is 1.35 bits per heavy atom. The van der Waals surface area contributed by atoms with Crippen LogP contribution in [0, 0.1) is 5.41 Å². The second kappa shape index (κ2) is 5.07. The lowest BCUT2D eigenvalue weighted by atomic mass is 9.88. The molecule has 0 saturated carbocycles. The molecule has 1 fully saturated rings. The molecule has 0 radical (unpaired) electrons. The van der Waals surface area contributed by atoms with E-state index in [-0.39, 0.29) is 0 Å². The first kappa shape index (κ1) is 12.4. The Hall–Kier alpha value is -1.06. The van der Waals surface area contributed by atoms with Crippen molar-refractivity contribution in [3.05, 3.63) is 29.8 Å². The van der Waals surface area contributed by atoms with Crippen molar-refractivity contribution < 1.29 is 9.47 Å². The summed E-state index contributed by atoms with van der Waals surface area (Å²) in [6.07, 6.45) is 0. The lowest BCUT2D eigenvalue weighted by Crippen LogP contribution is -2.47. The molecule has 94 valence electrons. The van der Waals surface area contributed by atoms with Crippen molar-refractivity contribution in [3.63, 3.8) is 0 Å². The molecule has 2 rings (SSSR count). The minimum absolute atomic E-state index is 0.320. The van der Waals surface area contributed by atoms with Crippen molar-refractivity contribution in [1.82, 2.24) is 5.32 Å². The van der Waals surface area contributed by atoms with Crippen LogP contribution in [0.15, 0.2) is 24.3 Å². The van der Waals surface area contributed by atoms with E-state index in [2.05, 4.69) is 31.3 Å². The van der Waals surface area contributed by atoms with E-state index in [1.807, 2.05) is 12.1 Å². The van der Waals surface area contributed by atoms with E-state index in [1.54, 1.807) is 7.11 Å². The molecule has 1 unspecified atom stereocenters. The van der Waals surface area contributed by atoms with E-state index in [1.165, 1.54) is 5.56 Å². The molecule has 1 atom stereocenters. The highest BCUT2D eigenvalue weighted by atomic mass is 16.5. The summed E-state index contributed by atoms with van der Waals surface area (Å²) in [5.74, 6) is 0.903. The molecule has 17 heavy (non-hydrogen) atoms. The third kappa shape index (κ3) is 2.99. The van der Waals surface area contributed by atoms with E-state index in [9.17, 15) is 0 Å². The molecule has 1 saturated heterocycles. The SMILES string of the molecule is COc1ccc(C(C)NCC2(C)COC2)cc1. The molecule has 1 heterocycles. The summed E-state index contributed by atoms with van der Waals surface area (Å²) in [4.78, 5) is 0. The summed E-state index contributed by atoms with van der Waals surface area (Å²) in [7, 11) is 1.69. The molecule has 0 aromatic heterocycles. The van der Waals surface area contributed by atoms with Crippen molar-refractivity contribution in [2.45, 2.75) is 19.9 Å². The van der Waals surface area contributed by atoms with Gasteiger partial charge in [-0.05, 0) is 24.6 Å². The Balaban J connectivity index is 1.87. The molecule has 1 aliphatic heterocycles. The van der Waals surface area contributed by atoms with Gasteiger partial charge in [0.2, 0.25) is 0 Å². The third-order valence-electron chi connectivity index (χ3n) is 3.35. The van der Waals surface area contributed by atoms with E-state index in [4.69, 9.17) is 9.47 Å². The minimum Gasteiger partial charge on any atom is -0.497 e. The van der Waals surface area contributed by atoms with Gasteiger partial charge in [-0.25, -0.2) is 0 Å². The molecule has 1 aliphatic rings. The van der Waals surface area contributed by atoms with Crippen LogP contribution in [0.4, 0.5) is 0 Å². The van der Waals surface area contributed by atoms with Gasteiger partial charge in [0.15, 0.2) is 0 Å². The molecular formula is C14H21NO2. The van der Waals surface area contributed by atoms with Crippen LogP contribution in [0.3, 0.4) is 0 Å². The van der Waals surface area contributed by atoms with Crippen LogP contribution < -0.4 is 10.1 Å². The zero-order chi connectivity index (χ0) is 12.3. The second-order valence-corrected chi connectivity index (χ2v) is 5.18. The average Bonchev–Trinajstić information content (AvgIpc) is 2.33. The Kier molecular flexibility index (Phi) is 3.69. The van der Waals surface area contributed by atoms with E-state index in [0.717, 1.165) is 25.5 Å². The maximum Gasteiger partial charge on any atom is 0.118 e. The van der Waals surface area contributed by atoms with Gasteiger partial charge in [0.25, 0.3) is 0 Å². The van der Waals surface area contributed by atoms with E-state index in [0.29, 0.717) is 11.5 Å². The van der Waals surface area contributed by atoms with E-state index >= 15 is 0 Å². The van der Waals surface area contributed by atoms with Crippen LogP contribution >= 0.6 is 0 Å². The highest BCUT2D eigenvalue weighted by Gasteiger charge is 2.33. The predicted molar refractivity (Wildman–Crippen MR) is 68.3 cm³/mol. The second-order valence-electron chi connectivity index (χ2n) is 5.18. The van der Waals surface area contributed by atoms with Gasteiger partial charge in [0.1, 0.15) is 5.75 Å². The first-order chi connectivity index (χ1) is 8.13. The van der Waals surface area contributed by atoms with Gasteiger partial charge in [-0.3, -0.25) is 0 Å². The first-order valence-electron chi connectivity index (χ1n) is 6.08. The molecule has 0 aliphatic carbocycles. The topological polar surface area (TPSA) is 30.5 Å². The normalized spacial score (nSPS) is 19.5. The van der Waals surface area contributed by atoms with Gasteiger partial charge in [-0.2, -0.15) is 0 Å². The number of hydrogen-bond acceptors (Lipinski definition) is 3. The zero-order valence-electron chi connectivity index (χ0n) is 10.8. The molecular weight excluding hydrogens is 214 g/mol. The fourth-order valence-corrected chi connectivity index (χ4v) is 1.96. The number of benzene rings is 1. The van der Waals surface area contributed by atoms with Gasteiger partial charge in [-0.15, -0.1) is 0 Å². The quantitative estimate of drug-likeness (QED) is 0.850. The largest absolute Gasteiger partial charge is 0.497 e. The van der Waals surface area contributed by atoms with Crippen molar-refractivity contribution in [2.75, 3.05) is 26.9 Å². The molecule has 1 aromatic carbocycles. The molecule has 0 bridgehead atoms. The molecule has 1 aromatic rings. The summed E-state index contributed by atoms with van der Waals surface area (Å²) in [5, 5.41) is 3.56. The summed E-state index contributed by atoms with van der Waals surface area (Å²) < 4.78 is 10.4. The van der Waals surface area contributed by atoms with Crippen LogP contribution in [0.2, 0.25) is 0 Å². The summed E-state index contributed by atoms with van der Waals surface area (Å²) in [6, 6.07) is 8.58. The van der Waals surface area contributed by atoms with Gasteiger partial charge in [0, 0.05) is 18.0 Å². The van der Waals surface area contributed by atoms with Crippen LogP contribution in [0.25, 0.3) is 0 Å². The zero-order valence-corrected chi connectivity index (χ0v) is 10.8. The van der Waals surface area contributed by atoms with Crippen molar-refractivity contribution >= 4 is 0 Å². The lowest BCUT2D eigenvalue weighted by molar-refractivity contribution is -0.0999. The monoisotopic (exact) mass is 235 g/mol. The summed E-state index contributed by atoms with van der Waals surface area (Å²) >= 11 is 0. The Morgan fingerprint density at radius 2 is 2.00 bits per heavy atom. The van der Waals surface area contributed by atoms with Crippen LogP contribution in [0.5, 0.6) is 5.75 Å². The smallest absolute Gasteiger partial charge is 0.118 e. The maximum absolute atomic E-state index is 5.25. The summed E-state index contributed by atoms with van der Waals surface area (Å²) in [5.41, 5.74) is 1.61. The molecule has 0 spiro atoms. The fraction of sp³-hybridized carbons (Fsp3) is 0.571. The average molecular weight is 235 g/mol. The Morgan fingerprint density at radius 3 is 2.47 bits per heavy atom. The molecule has 1 N–H and O–H groups in total. The lowest BCUT2D eigenvalue weighted by Gasteiger charge is -2.39.